The normalized spacial score (nSPS) is 27.4. The van der Waals surface area contributed by atoms with Gasteiger partial charge in [-0.3, -0.25) is 9.59 Å². The van der Waals surface area contributed by atoms with Crippen molar-refractivity contribution < 1.29 is 19.1 Å². The molecule has 0 aromatic rings. The van der Waals surface area contributed by atoms with Gasteiger partial charge in [-0.1, -0.05) is 37.5 Å². The minimum Gasteiger partial charge on any atom is -0.461 e. The molecule has 0 radical (unpaired) electrons. The quantitative estimate of drug-likeness (QED) is 0.509. The largest absolute Gasteiger partial charge is 0.461 e. The first-order valence-electron chi connectivity index (χ1n) is 6.90. The second-order valence-corrected chi connectivity index (χ2v) is 4.92. The van der Waals surface area contributed by atoms with E-state index in [2.05, 4.69) is 26.3 Å². The van der Waals surface area contributed by atoms with Gasteiger partial charge in [-0.05, 0) is 18.3 Å². The number of carbonyl (C=O) groups is 2. The number of allylic oxidation sites excluding steroid dienone is 2. The van der Waals surface area contributed by atoms with Gasteiger partial charge in [0.15, 0.2) is 0 Å². The zero-order chi connectivity index (χ0) is 15.8. The number of esters is 2. The summed E-state index contributed by atoms with van der Waals surface area (Å²) in [5.74, 6) is -2.31. The van der Waals surface area contributed by atoms with Crippen molar-refractivity contribution in [3.05, 3.63) is 50.6 Å². The predicted octanol–water partition coefficient (Wildman–Crippen LogP) is 2.69. The highest BCUT2D eigenvalue weighted by Gasteiger charge is 2.50. The second-order valence-electron chi connectivity index (χ2n) is 4.92. The highest BCUT2D eigenvalue weighted by Crippen LogP contribution is 2.44. The first-order chi connectivity index (χ1) is 10.1. The Morgan fingerprint density at radius 1 is 0.857 bits per heavy atom. The summed E-state index contributed by atoms with van der Waals surface area (Å²) in [7, 11) is 0. The SMILES string of the molecule is C=CCOC(=O)C1C(C=C)CC(C=C)C1C(=O)OCC=C. The lowest BCUT2D eigenvalue weighted by molar-refractivity contribution is -0.159. The first kappa shape index (κ1) is 17.0. The van der Waals surface area contributed by atoms with Crippen molar-refractivity contribution in [1.82, 2.24) is 0 Å². The van der Waals surface area contributed by atoms with Crippen LogP contribution in [0.15, 0.2) is 50.6 Å². The Balaban J connectivity index is 2.98. The third-order valence-corrected chi connectivity index (χ3v) is 3.69. The molecule has 0 N–H and O–H groups in total. The van der Waals surface area contributed by atoms with Gasteiger partial charge in [0.25, 0.3) is 0 Å². The highest BCUT2D eigenvalue weighted by molar-refractivity contribution is 5.84. The van der Waals surface area contributed by atoms with Crippen molar-refractivity contribution in [2.24, 2.45) is 23.7 Å². The maximum absolute atomic E-state index is 12.2. The molecule has 21 heavy (non-hydrogen) atoms. The molecule has 114 valence electrons. The lowest BCUT2D eigenvalue weighted by Gasteiger charge is -2.21. The van der Waals surface area contributed by atoms with E-state index in [0.29, 0.717) is 6.42 Å². The molecule has 1 rings (SSSR count). The summed E-state index contributed by atoms with van der Waals surface area (Å²) in [6.07, 6.45) is 7.00. The summed E-state index contributed by atoms with van der Waals surface area (Å²) in [5, 5.41) is 0. The molecular weight excluding hydrogens is 268 g/mol. The number of ether oxygens (including phenoxy) is 2. The lowest BCUT2D eigenvalue weighted by atomic mass is 9.87. The summed E-state index contributed by atoms with van der Waals surface area (Å²) in [6, 6.07) is 0. The minimum atomic E-state index is -0.595. The first-order valence-corrected chi connectivity index (χ1v) is 6.90. The van der Waals surface area contributed by atoms with E-state index in [1.807, 2.05) is 0 Å². The van der Waals surface area contributed by atoms with Gasteiger partial charge < -0.3 is 9.47 Å². The number of hydrogen-bond acceptors (Lipinski definition) is 4. The van der Waals surface area contributed by atoms with Crippen LogP contribution in [0.1, 0.15) is 6.42 Å². The summed E-state index contributed by atoms with van der Waals surface area (Å²) in [4.78, 5) is 24.5. The third kappa shape index (κ3) is 3.94. The molecule has 4 heteroatoms. The van der Waals surface area contributed by atoms with Crippen LogP contribution in [0.3, 0.4) is 0 Å². The highest BCUT2D eigenvalue weighted by atomic mass is 16.5. The maximum atomic E-state index is 12.2. The van der Waals surface area contributed by atoms with Crippen LogP contribution in [0, 0.1) is 23.7 Å². The summed E-state index contributed by atoms with van der Waals surface area (Å²) < 4.78 is 10.2. The molecule has 0 aliphatic heterocycles. The van der Waals surface area contributed by atoms with E-state index < -0.39 is 23.8 Å². The topological polar surface area (TPSA) is 52.6 Å². The Kier molecular flexibility index (Phi) is 6.66. The van der Waals surface area contributed by atoms with Crippen molar-refractivity contribution in [2.45, 2.75) is 6.42 Å². The number of hydrogen-bond donors (Lipinski definition) is 0. The molecular formula is C17H22O4. The van der Waals surface area contributed by atoms with Gasteiger partial charge in [0.05, 0.1) is 11.8 Å². The lowest BCUT2D eigenvalue weighted by Crippen LogP contribution is -2.34. The third-order valence-electron chi connectivity index (χ3n) is 3.69. The molecule has 0 bridgehead atoms. The van der Waals surface area contributed by atoms with E-state index in [4.69, 9.17) is 9.47 Å². The van der Waals surface area contributed by atoms with Crippen molar-refractivity contribution in [2.75, 3.05) is 13.2 Å². The molecule has 0 spiro atoms. The Morgan fingerprint density at radius 2 is 1.24 bits per heavy atom. The fraction of sp³-hybridized carbons (Fsp3) is 0.412. The monoisotopic (exact) mass is 290 g/mol. The van der Waals surface area contributed by atoms with Crippen LogP contribution in [-0.2, 0) is 19.1 Å². The average molecular weight is 290 g/mol. The van der Waals surface area contributed by atoms with Gasteiger partial charge in [-0.25, -0.2) is 0 Å². The Hall–Kier alpha value is -2.10. The molecule has 0 aromatic carbocycles. The fourth-order valence-electron chi connectivity index (χ4n) is 2.74. The van der Waals surface area contributed by atoms with Crippen molar-refractivity contribution in [3.8, 4) is 0 Å². The van der Waals surface area contributed by atoms with Gasteiger partial charge in [0.2, 0.25) is 0 Å². The van der Waals surface area contributed by atoms with Crippen LogP contribution in [0.4, 0.5) is 0 Å². The number of carbonyl (C=O) groups excluding carboxylic acids is 2. The minimum absolute atomic E-state index is 0.117. The molecule has 1 saturated carbocycles. The average Bonchev–Trinajstić information content (AvgIpc) is 2.88. The summed E-state index contributed by atoms with van der Waals surface area (Å²) in [6.45, 7) is 14.8. The van der Waals surface area contributed by atoms with Gasteiger partial charge in [0.1, 0.15) is 13.2 Å². The van der Waals surface area contributed by atoms with E-state index >= 15 is 0 Å². The van der Waals surface area contributed by atoms with Crippen LogP contribution in [0.2, 0.25) is 0 Å². The molecule has 1 fully saturated rings. The fourth-order valence-corrected chi connectivity index (χ4v) is 2.74. The summed E-state index contributed by atoms with van der Waals surface area (Å²) in [5.41, 5.74) is 0. The predicted molar refractivity (Wildman–Crippen MR) is 81.3 cm³/mol. The van der Waals surface area contributed by atoms with E-state index in [-0.39, 0.29) is 25.0 Å². The number of rotatable bonds is 8. The molecule has 0 amide bonds. The molecule has 0 heterocycles. The van der Waals surface area contributed by atoms with Gasteiger partial charge in [0, 0.05) is 0 Å². The molecule has 0 saturated heterocycles. The molecule has 4 atom stereocenters. The van der Waals surface area contributed by atoms with Crippen molar-refractivity contribution >= 4 is 11.9 Å². The van der Waals surface area contributed by atoms with E-state index in [0.717, 1.165) is 0 Å². The molecule has 1 aliphatic carbocycles. The van der Waals surface area contributed by atoms with E-state index in [1.165, 1.54) is 12.2 Å². The van der Waals surface area contributed by atoms with Gasteiger partial charge in [-0.2, -0.15) is 0 Å². The molecule has 0 aromatic heterocycles. The van der Waals surface area contributed by atoms with Crippen molar-refractivity contribution in [3.63, 3.8) is 0 Å². The second kappa shape index (κ2) is 8.25. The smallest absolute Gasteiger partial charge is 0.310 e. The van der Waals surface area contributed by atoms with Crippen LogP contribution in [0.5, 0.6) is 0 Å². The van der Waals surface area contributed by atoms with Crippen molar-refractivity contribution in [1.29, 1.82) is 0 Å². The zero-order valence-corrected chi connectivity index (χ0v) is 12.2. The van der Waals surface area contributed by atoms with E-state index in [9.17, 15) is 9.59 Å². The molecule has 4 nitrogen and oxygen atoms in total. The Bertz CT molecular complexity index is 398. The van der Waals surface area contributed by atoms with Gasteiger partial charge >= 0.3 is 11.9 Å². The van der Waals surface area contributed by atoms with Gasteiger partial charge in [-0.15, -0.1) is 13.2 Å². The van der Waals surface area contributed by atoms with E-state index in [1.54, 1.807) is 12.2 Å². The summed E-state index contributed by atoms with van der Waals surface area (Å²) >= 11 is 0. The zero-order valence-electron chi connectivity index (χ0n) is 12.2. The van der Waals surface area contributed by atoms with Crippen LogP contribution in [-0.4, -0.2) is 25.2 Å². The maximum Gasteiger partial charge on any atom is 0.310 e. The van der Waals surface area contributed by atoms with Crippen LogP contribution in [0.25, 0.3) is 0 Å². The molecule has 4 unspecified atom stereocenters. The van der Waals surface area contributed by atoms with Crippen LogP contribution < -0.4 is 0 Å². The van der Waals surface area contributed by atoms with Crippen LogP contribution >= 0.6 is 0 Å². The Morgan fingerprint density at radius 3 is 1.52 bits per heavy atom. The Labute approximate surface area is 125 Å². The standard InChI is InChI=1S/C17H22O4/c1-5-9-20-16(18)14-12(7-3)11-13(8-4)15(14)17(19)21-10-6-2/h5-8,12-15H,1-4,9-11H2. The molecule has 1 aliphatic rings.